The Hall–Kier alpha value is -1.38. The number of halogens is 1. The second-order valence-electron chi connectivity index (χ2n) is 5.29. The minimum absolute atomic E-state index is 0.0815. The summed E-state index contributed by atoms with van der Waals surface area (Å²) >= 11 is 0. The quantitative estimate of drug-likeness (QED) is 0.818. The lowest BCUT2D eigenvalue weighted by Gasteiger charge is -2.20. The Morgan fingerprint density at radius 2 is 1.91 bits per heavy atom. The molecule has 1 aliphatic carbocycles. The second-order valence-corrected chi connectivity index (χ2v) is 6.97. The largest absolute Gasteiger partial charge is 0.493 e. The van der Waals surface area contributed by atoms with E-state index in [2.05, 4.69) is 4.72 Å². The molecule has 0 heterocycles. The first-order valence-electron chi connectivity index (χ1n) is 7.07. The third kappa shape index (κ3) is 3.34. The molecule has 1 saturated carbocycles. The molecule has 2 rings (SSSR count). The zero-order valence-electron chi connectivity index (χ0n) is 12.6. The number of methoxy groups -OCH3 is 2. The fourth-order valence-electron chi connectivity index (χ4n) is 2.78. The summed E-state index contributed by atoms with van der Waals surface area (Å²) in [5.74, 6) is -0.504. The Balaban J connectivity index is 2.33. The maximum Gasteiger partial charge on any atom is 0.243 e. The smallest absolute Gasteiger partial charge is 0.243 e. The van der Waals surface area contributed by atoms with Crippen LogP contribution >= 0.6 is 0 Å². The summed E-state index contributed by atoms with van der Waals surface area (Å²) in [5.41, 5.74) is 5.65. The van der Waals surface area contributed by atoms with Crippen LogP contribution in [0.15, 0.2) is 17.0 Å². The van der Waals surface area contributed by atoms with Gasteiger partial charge in [-0.05, 0) is 25.3 Å². The number of nitrogens with one attached hydrogen (secondary N) is 1. The van der Waals surface area contributed by atoms with E-state index in [4.69, 9.17) is 15.2 Å². The molecule has 0 unspecified atom stereocenters. The molecule has 8 heteroatoms. The van der Waals surface area contributed by atoms with Gasteiger partial charge in [0.15, 0.2) is 11.5 Å². The summed E-state index contributed by atoms with van der Waals surface area (Å²) in [6, 6.07) is 1.87. The van der Waals surface area contributed by atoms with Gasteiger partial charge in [0, 0.05) is 18.2 Å². The third-order valence-electron chi connectivity index (χ3n) is 4.00. The minimum atomic E-state index is -3.99. The highest BCUT2D eigenvalue weighted by Gasteiger charge is 2.32. The second kappa shape index (κ2) is 6.80. The molecule has 22 heavy (non-hydrogen) atoms. The highest BCUT2D eigenvalue weighted by molar-refractivity contribution is 7.89. The first kappa shape index (κ1) is 17.0. The lowest BCUT2D eigenvalue weighted by atomic mass is 10.1. The van der Waals surface area contributed by atoms with Gasteiger partial charge >= 0.3 is 0 Å². The summed E-state index contributed by atoms with van der Waals surface area (Å²) in [6.45, 7) is 0.404. The number of sulfonamides is 1. The van der Waals surface area contributed by atoms with Gasteiger partial charge in [0.1, 0.15) is 10.7 Å². The Labute approximate surface area is 129 Å². The molecule has 1 fully saturated rings. The molecule has 124 valence electrons. The number of nitrogens with two attached hydrogens (primary N) is 1. The molecule has 0 amide bonds. The zero-order valence-corrected chi connectivity index (χ0v) is 13.5. The van der Waals surface area contributed by atoms with Crippen LogP contribution in [0.25, 0.3) is 0 Å². The van der Waals surface area contributed by atoms with Gasteiger partial charge < -0.3 is 15.2 Å². The summed E-state index contributed by atoms with van der Waals surface area (Å²) in [6.07, 6.45) is 2.48. The van der Waals surface area contributed by atoms with Crippen LogP contribution in [0, 0.1) is 11.7 Å². The van der Waals surface area contributed by atoms with E-state index in [-0.39, 0.29) is 23.5 Å². The van der Waals surface area contributed by atoms with Gasteiger partial charge in [-0.15, -0.1) is 0 Å². The van der Waals surface area contributed by atoms with E-state index >= 15 is 0 Å². The summed E-state index contributed by atoms with van der Waals surface area (Å²) in [7, 11) is -1.27. The predicted octanol–water partition coefficient (Wildman–Crippen LogP) is 1.25. The molecule has 2 atom stereocenters. The lowest BCUT2D eigenvalue weighted by molar-refractivity contribution is 0.350. The maximum absolute atomic E-state index is 14.1. The van der Waals surface area contributed by atoms with Crippen molar-refractivity contribution >= 4 is 10.0 Å². The average molecular weight is 332 g/mol. The molecule has 1 aliphatic rings. The van der Waals surface area contributed by atoms with Crippen molar-refractivity contribution in [1.82, 2.24) is 4.72 Å². The first-order chi connectivity index (χ1) is 10.4. The summed E-state index contributed by atoms with van der Waals surface area (Å²) in [4.78, 5) is -0.451. The maximum atomic E-state index is 14.1. The number of hydrogen-bond donors (Lipinski definition) is 2. The first-order valence-corrected chi connectivity index (χ1v) is 8.55. The highest BCUT2D eigenvalue weighted by Crippen LogP contribution is 2.33. The van der Waals surface area contributed by atoms with Crippen LogP contribution in [0.1, 0.15) is 19.3 Å². The van der Waals surface area contributed by atoms with Crippen molar-refractivity contribution in [2.24, 2.45) is 11.7 Å². The van der Waals surface area contributed by atoms with Crippen molar-refractivity contribution in [2.75, 3.05) is 20.8 Å². The number of ether oxygens (including phenoxy) is 2. The molecule has 0 radical (unpaired) electrons. The van der Waals surface area contributed by atoms with Crippen LogP contribution in [-0.2, 0) is 10.0 Å². The molecule has 1 aromatic rings. The van der Waals surface area contributed by atoms with E-state index in [0.29, 0.717) is 13.0 Å². The molecule has 0 spiro atoms. The Morgan fingerprint density at radius 1 is 1.27 bits per heavy atom. The molecular formula is C14H21FN2O4S. The lowest BCUT2D eigenvalue weighted by Crippen LogP contribution is -2.40. The predicted molar refractivity (Wildman–Crippen MR) is 80.0 cm³/mol. The number of hydrogen-bond acceptors (Lipinski definition) is 5. The van der Waals surface area contributed by atoms with Crippen molar-refractivity contribution < 1.29 is 22.3 Å². The topological polar surface area (TPSA) is 90.7 Å². The van der Waals surface area contributed by atoms with Crippen LogP contribution in [0.2, 0.25) is 0 Å². The van der Waals surface area contributed by atoms with Gasteiger partial charge in [0.25, 0.3) is 0 Å². The summed E-state index contributed by atoms with van der Waals surface area (Å²) < 4.78 is 51.6. The van der Waals surface area contributed by atoms with Crippen molar-refractivity contribution in [3.05, 3.63) is 17.9 Å². The molecule has 1 aromatic carbocycles. The molecule has 0 bridgehead atoms. The third-order valence-corrected chi connectivity index (χ3v) is 5.50. The Kier molecular flexibility index (Phi) is 5.25. The summed E-state index contributed by atoms with van der Waals surface area (Å²) in [5, 5.41) is 0. The zero-order chi connectivity index (χ0) is 16.3. The van der Waals surface area contributed by atoms with Gasteiger partial charge in [-0.1, -0.05) is 6.42 Å². The monoisotopic (exact) mass is 332 g/mol. The van der Waals surface area contributed by atoms with Gasteiger partial charge in [-0.2, -0.15) is 0 Å². The average Bonchev–Trinajstić information content (AvgIpc) is 2.92. The van der Waals surface area contributed by atoms with E-state index in [0.717, 1.165) is 25.0 Å². The minimum Gasteiger partial charge on any atom is -0.493 e. The van der Waals surface area contributed by atoms with Crippen molar-refractivity contribution in [1.29, 1.82) is 0 Å². The normalized spacial score (nSPS) is 21.8. The molecule has 0 aliphatic heterocycles. The van der Waals surface area contributed by atoms with Gasteiger partial charge in [0.2, 0.25) is 10.0 Å². The fraction of sp³-hybridized carbons (Fsp3) is 0.571. The van der Waals surface area contributed by atoms with Gasteiger partial charge in [-0.25, -0.2) is 17.5 Å². The Morgan fingerprint density at radius 3 is 2.50 bits per heavy atom. The van der Waals surface area contributed by atoms with Gasteiger partial charge in [-0.3, -0.25) is 0 Å². The van der Waals surface area contributed by atoms with Crippen molar-refractivity contribution in [3.8, 4) is 11.5 Å². The van der Waals surface area contributed by atoms with Crippen LogP contribution in [-0.4, -0.2) is 35.2 Å². The van der Waals surface area contributed by atoms with Crippen LogP contribution in [0.5, 0.6) is 11.5 Å². The SMILES string of the molecule is COc1cc(F)c(S(=O)(=O)N[C@H]2CCC[C@H]2CN)cc1OC. The molecule has 0 saturated heterocycles. The van der Waals surface area contributed by atoms with E-state index < -0.39 is 20.7 Å². The van der Waals surface area contributed by atoms with E-state index in [1.54, 1.807) is 0 Å². The van der Waals surface area contributed by atoms with Crippen LogP contribution < -0.4 is 19.9 Å². The van der Waals surface area contributed by atoms with E-state index in [1.165, 1.54) is 14.2 Å². The number of rotatable bonds is 6. The number of benzene rings is 1. The standard InChI is InChI=1S/C14H21FN2O4S/c1-20-12-6-10(15)14(7-13(12)21-2)22(18,19)17-11-5-3-4-9(11)8-16/h6-7,9,11,17H,3-5,8,16H2,1-2H3/t9-,11-/m0/s1. The van der Waals surface area contributed by atoms with E-state index in [1.807, 2.05) is 0 Å². The molecule has 3 N–H and O–H groups in total. The molecule has 0 aromatic heterocycles. The highest BCUT2D eigenvalue weighted by atomic mass is 32.2. The van der Waals surface area contributed by atoms with Crippen LogP contribution in [0.4, 0.5) is 4.39 Å². The van der Waals surface area contributed by atoms with Crippen LogP contribution in [0.3, 0.4) is 0 Å². The van der Waals surface area contributed by atoms with E-state index in [9.17, 15) is 12.8 Å². The van der Waals surface area contributed by atoms with Crippen molar-refractivity contribution in [2.45, 2.75) is 30.2 Å². The van der Waals surface area contributed by atoms with Crippen molar-refractivity contribution in [3.63, 3.8) is 0 Å². The Bertz CT molecular complexity index is 636. The van der Waals surface area contributed by atoms with Gasteiger partial charge in [0.05, 0.1) is 14.2 Å². The fourth-order valence-corrected chi connectivity index (χ4v) is 4.19. The molecular weight excluding hydrogens is 311 g/mol. The molecule has 6 nitrogen and oxygen atoms in total.